The van der Waals surface area contributed by atoms with Crippen LogP contribution in [0.3, 0.4) is 0 Å². The Morgan fingerprint density at radius 1 is 1.47 bits per heavy atom. The predicted molar refractivity (Wildman–Crippen MR) is 62.4 cm³/mol. The number of hydrogen-bond acceptors (Lipinski definition) is 5. The highest BCUT2D eigenvalue weighted by atomic mass is 32.2. The van der Waals surface area contributed by atoms with Crippen molar-refractivity contribution in [3.05, 3.63) is 34.1 Å². The monoisotopic (exact) mass is 290 g/mol. The van der Waals surface area contributed by atoms with Crippen LogP contribution in [0.2, 0.25) is 0 Å². The zero-order valence-corrected chi connectivity index (χ0v) is 10.5. The summed E-state index contributed by atoms with van der Waals surface area (Å²) < 4.78 is 38.5. The molecule has 1 heterocycles. The number of benzene rings is 1. The standard InChI is InChI=1S/C10H11FN2O5S/c11-9-2-1-8(5-10(9)13(15)16)19(17,18)12-4-3-7(14)6-12/h1-2,5,7,14H,3-4,6H2. The molecule has 1 fully saturated rings. The summed E-state index contributed by atoms with van der Waals surface area (Å²) in [6.45, 7) is 0.0716. The Hall–Kier alpha value is -1.58. The maximum atomic E-state index is 13.2. The fourth-order valence-electron chi connectivity index (χ4n) is 1.87. The van der Waals surface area contributed by atoms with Crippen LogP contribution in [-0.4, -0.2) is 41.9 Å². The van der Waals surface area contributed by atoms with Crippen molar-refractivity contribution >= 4 is 15.7 Å². The summed E-state index contributed by atoms with van der Waals surface area (Å²) in [5.74, 6) is -1.09. The molecule has 0 saturated carbocycles. The lowest BCUT2D eigenvalue weighted by molar-refractivity contribution is -0.387. The van der Waals surface area contributed by atoms with Crippen molar-refractivity contribution in [2.75, 3.05) is 13.1 Å². The molecule has 2 rings (SSSR count). The third-order valence-electron chi connectivity index (χ3n) is 2.88. The van der Waals surface area contributed by atoms with Crippen LogP contribution < -0.4 is 0 Å². The minimum Gasteiger partial charge on any atom is -0.392 e. The summed E-state index contributed by atoms with van der Waals surface area (Å²) >= 11 is 0. The van der Waals surface area contributed by atoms with Gasteiger partial charge in [-0.25, -0.2) is 8.42 Å². The minimum absolute atomic E-state index is 0.0620. The van der Waals surface area contributed by atoms with Crippen LogP contribution in [0.25, 0.3) is 0 Å². The first-order valence-electron chi connectivity index (χ1n) is 5.44. The van der Waals surface area contributed by atoms with Gasteiger partial charge in [0.05, 0.1) is 15.9 Å². The van der Waals surface area contributed by atoms with E-state index in [4.69, 9.17) is 0 Å². The van der Waals surface area contributed by atoms with E-state index in [0.29, 0.717) is 12.5 Å². The van der Waals surface area contributed by atoms with Crippen LogP contribution in [0.1, 0.15) is 6.42 Å². The van der Waals surface area contributed by atoms with Crippen molar-refractivity contribution in [1.82, 2.24) is 4.31 Å². The summed E-state index contributed by atoms with van der Waals surface area (Å²) in [4.78, 5) is 9.26. The zero-order chi connectivity index (χ0) is 14.2. The Balaban J connectivity index is 2.41. The number of hydrogen-bond donors (Lipinski definition) is 1. The summed E-state index contributed by atoms with van der Waals surface area (Å²) in [6.07, 6.45) is -0.437. The van der Waals surface area contributed by atoms with E-state index in [1.54, 1.807) is 0 Å². The summed E-state index contributed by atoms with van der Waals surface area (Å²) in [5, 5.41) is 19.9. The average Bonchev–Trinajstić information content (AvgIpc) is 2.76. The predicted octanol–water partition coefficient (Wildman–Crippen LogP) is 0.489. The molecule has 0 bridgehead atoms. The van der Waals surface area contributed by atoms with Gasteiger partial charge in [0, 0.05) is 19.2 Å². The summed E-state index contributed by atoms with van der Waals surface area (Å²) in [7, 11) is -3.94. The molecule has 1 aliphatic heterocycles. The third kappa shape index (κ3) is 2.57. The second-order valence-corrected chi connectivity index (χ2v) is 6.11. The van der Waals surface area contributed by atoms with Crippen LogP contribution in [0.4, 0.5) is 10.1 Å². The molecule has 1 saturated heterocycles. The van der Waals surface area contributed by atoms with Gasteiger partial charge >= 0.3 is 5.69 Å². The number of nitro groups is 1. The Morgan fingerprint density at radius 3 is 2.68 bits per heavy atom. The van der Waals surface area contributed by atoms with Gasteiger partial charge in [0.2, 0.25) is 15.8 Å². The smallest absolute Gasteiger partial charge is 0.306 e. The SMILES string of the molecule is O=[N+]([O-])c1cc(S(=O)(=O)N2CCC(O)C2)ccc1F. The highest BCUT2D eigenvalue weighted by Gasteiger charge is 2.33. The number of sulfonamides is 1. The number of nitrogens with zero attached hydrogens (tertiary/aromatic N) is 2. The van der Waals surface area contributed by atoms with Gasteiger partial charge in [-0.1, -0.05) is 0 Å². The van der Waals surface area contributed by atoms with Crippen molar-refractivity contribution in [1.29, 1.82) is 0 Å². The van der Waals surface area contributed by atoms with E-state index in [0.717, 1.165) is 16.4 Å². The molecule has 9 heteroatoms. The molecule has 1 N–H and O–H groups in total. The van der Waals surface area contributed by atoms with Gasteiger partial charge in [-0.2, -0.15) is 8.70 Å². The van der Waals surface area contributed by atoms with Crippen LogP contribution >= 0.6 is 0 Å². The van der Waals surface area contributed by atoms with Crippen molar-refractivity contribution < 1.29 is 22.8 Å². The van der Waals surface area contributed by atoms with Crippen molar-refractivity contribution in [3.8, 4) is 0 Å². The van der Waals surface area contributed by atoms with Crippen LogP contribution in [0.5, 0.6) is 0 Å². The maximum absolute atomic E-state index is 13.2. The van der Waals surface area contributed by atoms with E-state index in [-0.39, 0.29) is 18.0 Å². The first kappa shape index (κ1) is 13.8. The molecule has 1 unspecified atom stereocenters. The highest BCUT2D eigenvalue weighted by molar-refractivity contribution is 7.89. The van der Waals surface area contributed by atoms with Gasteiger partial charge in [0.1, 0.15) is 0 Å². The molecular weight excluding hydrogens is 279 g/mol. The second-order valence-electron chi connectivity index (χ2n) is 4.18. The van der Waals surface area contributed by atoms with E-state index in [2.05, 4.69) is 0 Å². The molecule has 7 nitrogen and oxygen atoms in total. The summed E-state index contributed by atoms with van der Waals surface area (Å²) in [6, 6.07) is 2.41. The van der Waals surface area contributed by atoms with E-state index in [9.17, 15) is 28.0 Å². The van der Waals surface area contributed by atoms with Gasteiger partial charge in [-0.3, -0.25) is 10.1 Å². The number of aliphatic hydroxyl groups is 1. The first-order chi connectivity index (χ1) is 8.82. The molecule has 104 valence electrons. The van der Waals surface area contributed by atoms with Gasteiger partial charge in [0.25, 0.3) is 0 Å². The van der Waals surface area contributed by atoms with Crippen molar-refractivity contribution in [3.63, 3.8) is 0 Å². The largest absolute Gasteiger partial charge is 0.392 e. The van der Waals surface area contributed by atoms with Crippen molar-refractivity contribution in [2.45, 2.75) is 17.4 Å². The molecule has 1 atom stereocenters. The highest BCUT2D eigenvalue weighted by Crippen LogP contribution is 2.26. The number of aliphatic hydroxyl groups excluding tert-OH is 1. The van der Waals surface area contributed by atoms with Crippen LogP contribution in [0, 0.1) is 15.9 Å². The molecule has 1 aromatic carbocycles. The van der Waals surface area contributed by atoms with Gasteiger partial charge < -0.3 is 5.11 Å². The first-order valence-corrected chi connectivity index (χ1v) is 6.88. The summed E-state index contributed by atoms with van der Waals surface area (Å²) in [5.41, 5.74) is -0.888. The van der Waals surface area contributed by atoms with Gasteiger partial charge in [-0.15, -0.1) is 0 Å². The molecule has 1 aromatic rings. The van der Waals surface area contributed by atoms with E-state index < -0.39 is 32.6 Å². The lowest BCUT2D eigenvalue weighted by Crippen LogP contribution is -2.29. The Kier molecular flexibility index (Phi) is 3.52. The maximum Gasteiger partial charge on any atom is 0.306 e. The fraction of sp³-hybridized carbons (Fsp3) is 0.400. The second kappa shape index (κ2) is 4.83. The van der Waals surface area contributed by atoms with Crippen LogP contribution in [-0.2, 0) is 10.0 Å². The number of β-amino-alcohol motifs (C(OH)–C–C–N with tert-alkyl or cyclic N) is 1. The Labute approximate surface area is 108 Å². The van der Waals surface area contributed by atoms with E-state index >= 15 is 0 Å². The van der Waals surface area contributed by atoms with Gasteiger partial charge in [-0.05, 0) is 18.6 Å². The molecule has 0 radical (unpaired) electrons. The van der Waals surface area contributed by atoms with Crippen molar-refractivity contribution in [2.24, 2.45) is 0 Å². The fourth-order valence-corrected chi connectivity index (χ4v) is 3.38. The molecule has 0 aliphatic carbocycles. The van der Waals surface area contributed by atoms with E-state index in [1.807, 2.05) is 0 Å². The minimum atomic E-state index is -3.94. The zero-order valence-electron chi connectivity index (χ0n) is 9.69. The normalized spacial score (nSPS) is 20.6. The lowest BCUT2D eigenvalue weighted by Gasteiger charge is -2.15. The molecule has 0 aromatic heterocycles. The molecule has 19 heavy (non-hydrogen) atoms. The molecular formula is C10H11FN2O5S. The number of halogens is 1. The average molecular weight is 290 g/mol. The molecule has 0 spiro atoms. The quantitative estimate of drug-likeness (QED) is 0.645. The lowest BCUT2D eigenvalue weighted by atomic mass is 10.3. The molecule has 1 aliphatic rings. The molecule has 0 amide bonds. The topological polar surface area (TPSA) is 101 Å². The Morgan fingerprint density at radius 2 is 2.16 bits per heavy atom. The number of nitro benzene ring substituents is 1. The Bertz CT molecular complexity index is 618. The van der Waals surface area contributed by atoms with E-state index in [1.165, 1.54) is 0 Å². The third-order valence-corrected chi connectivity index (χ3v) is 4.74. The number of rotatable bonds is 3. The van der Waals surface area contributed by atoms with Crippen LogP contribution in [0.15, 0.2) is 23.1 Å². The van der Waals surface area contributed by atoms with Gasteiger partial charge in [0.15, 0.2) is 0 Å².